The van der Waals surface area contributed by atoms with Crippen molar-refractivity contribution >= 4 is 9.04 Å². The number of aliphatic hydroxyl groups excluding tert-OH is 1. The summed E-state index contributed by atoms with van der Waals surface area (Å²) >= 11 is 0. The van der Waals surface area contributed by atoms with Gasteiger partial charge in [0.25, 0.3) is 5.79 Å². The van der Waals surface area contributed by atoms with Crippen LogP contribution >= 0.6 is 0 Å². The standard InChI is InChI=1S/C28H44O6Si/c1-26(2,3)24-23(30-4)10-9-22(25(24)32-35(5)6)28(31-12-8-7-11-29)27(33-34-28)20-14-18-13-19(16-20)17-21(27)15-18/h9-10,18-21,29,35H,7-8,11-17H2,1-6H3. The first kappa shape index (κ1) is 25.5. The Bertz CT molecular complexity index is 897. The highest BCUT2D eigenvalue weighted by Crippen LogP contribution is 2.70. The minimum atomic E-state index is -1.48. The molecule has 1 N–H and O–H groups in total. The Morgan fingerprint density at radius 1 is 1.00 bits per heavy atom. The Morgan fingerprint density at radius 3 is 2.14 bits per heavy atom. The van der Waals surface area contributed by atoms with E-state index in [2.05, 4.69) is 46.0 Å². The molecule has 5 fully saturated rings. The van der Waals surface area contributed by atoms with Crippen LogP contribution in [0.1, 0.15) is 76.8 Å². The minimum Gasteiger partial charge on any atom is -0.546 e. The quantitative estimate of drug-likeness (QED) is 0.274. The predicted molar refractivity (Wildman–Crippen MR) is 137 cm³/mol. The molecule has 6 nitrogen and oxygen atoms in total. The molecule has 0 aromatic heterocycles. The third kappa shape index (κ3) is 3.97. The number of rotatable bonds is 9. The molecule has 7 heteroatoms. The van der Waals surface area contributed by atoms with Crippen LogP contribution in [0.15, 0.2) is 12.1 Å². The van der Waals surface area contributed by atoms with E-state index in [1.807, 2.05) is 0 Å². The Morgan fingerprint density at radius 2 is 1.66 bits per heavy atom. The summed E-state index contributed by atoms with van der Waals surface area (Å²) in [7, 11) is 0.250. The molecule has 0 radical (unpaired) electrons. The molecule has 1 aromatic carbocycles. The summed E-state index contributed by atoms with van der Waals surface area (Å²) in [5.74, 6) is 3.15. The van der Waals surface area contributed by atoms with Crippen molar-refractivity contribution in [3.8, 4) is 11.5 Å². The van der Waals surface area contributed by atoms with Gasteiger partial charge in [0.1, 0.15) is 11.5 Å². The maximum absolute atomic E-state index is 9.38. The summed E-state index contributed by atoms with van der Waals surface area (Å²) < 4.78 is 19.4. The molecule has 4 saturated carbocycles. The highest BCUT2D eigenvalue weighted by Gasteiger charge is 2.77. The van der Waals surface area contributed by atoms with Gasteiger partial charge in [0.05, 0.1) is 19.3 Å². The highest BCUT2D eigenvalue weighted by atomic mass is 28.3. The van der Waals surface area contributed by atoms with Crippen LogP contribution in [0.4, 0.5) is 0 Å². The average molecular weight is 505 g/mol. The molecule has 1 aromatic rings. The van der Waals surface area contributed by atoms with Crippen molar-refractivity contribution < 1.29 is 28.8 Å². The van der Waals surface area contributed by atoms with Crippen LogP contribution in [-0.2, 0) is 25.7 Å². The van der Waals surface area contributed by atoms with Gasteiger partial charge in [0.15, 0.2) is 5.60 Å². The van der Waals surface area contributed by atoms with Crippen molar-refractivity contribution in [1.82, 2.24) is 0 Å². The zero-order valence-electron chi connectivity index (χ0n) is 22.4. The second-order valence-corrected chi connectivity index (χ2v) is 14.9. The van der Waals surface area contributed by atoms with Gasteiger partial charge in [0, 0.05) is 12.2 Å². The molecule has 196 valence electrons. The van der Waals surface area contributed by atoms with Crippen LogP contribution in [0.25, 0.3) is 0 Å². The molecule has 4 aliphatic carbocycles. The van der Waals surface area contributed by atoms with E-state index in [0.717, 1.165) is 40.9 Å². The van der Waals surface area contributed by atoms with Gasteiger partial charge in [-0.3, -0.25) is 0 Å². The minimum absolute atomic E-state index is 0.164. The summed E-state index contributed by atoms with van der Waals surface area (Å²) in [4.78, 5) is 12.6. The zero-order valence-corrected chi connectivity index (χ0v) is 23.5. The van der Waals surface area contributed by atoms with Crippen molar-refractivity contribution in [2.24, 2.45) is 23.7 Å². The molecule has 1 saturated heterocycles. The summed E-state index contributed by atoms with van der Waals surface area (Å²) in [5, 5.41) is 9.38. The first-order chi connectivity index (χ1) is 16.7. The molecule has 1 heterocycles. The van der Waals surface area contributed by atoms with Gasteiger partial charge >= 0.3 is 0 Å². The SMILES string of the molecule is COc1ccc(C2(OCCCCO)OOC23C2CC4CC(C2)CC3C4)c(O[SiH](C)C)c1C(C)(C)C. The largest absolute Gasteiger partial charge is 0.546 e. The zero-order chi connectivity index (χ0) is 25.0. The van der Waals surface area contributed by atoms with E-state index < -0.39 is 20.4 Å². The molecule has 4 bridgehead atoms. The van der Waals surface area contributed by atoms with Gasteiger partial charge in [-0.1, -0.05) is 20.8 Å². The van der Waals surface area contributed by atoms with E-state index in [0.29, 0.717) is 24.9 Å². The van der Waals surface area contributed by atoms with Crippen molar-refractivity contribution in [2.75, 3.05) is 20.3 Å². The van der Waals surface area contributed by atoms with E-state index in [1.54, 1.807) is 7.11 Å². The van der Waals surface area contributed by atoms with Gasteiger partial charge in [-0.05, 0) is 99.3 Å². The number of methoxy groups -OCH3 is 1. The Balaban J connectivity index is 1.67. The van der Waals surface area contributed by atoms with Gasteiger partial charge in [-0.2, -0.15) is 4.89 Å². The van der Waals surface area contributed by atoms with Crippen molar-refractivity contribution in [3.05, 3.63) is 23.3 Å². The van der Waals surface area contributed by atoms with Crippen molar-refractivity contribution in [2.45, 2.75) is 95.6 Å². The third-order valence-corrected chi connectivity index (χ3v) is 9.52. The second-order valence-electron chi connectivity index (χ2n) is 12.6. The van der Waals surface area contributed by atoms with E-state index in [4.69, 9.17) is 23.7 Å². The predicted octanol–water partition coefficient (Wildman–Crippen LogP) is 5.45. The molecule has 1 aliphatic heterocycles. The number of hydrogen-bond donors (Lipinski definition) is 1. The lowest BCUT2D eigenvalue weighted by Gasteiger charge is -2.69. The summed E-state index contributed by atoms with van der Waals surface area (Å²) in [6.07, 6.45) is 7.61. The molecule has 1 spiro atoms. The molecule has 35 heavy (non-hydrogen) atoms. The van der Waals surface area contributed by atoms with Gasteiger partial charge < -0.3 is 19.0 Å². The lowest BCUT2D eigenvalue weighted by molar-refractivity contribution is -0.648. The van der Waals surface area contributed by atoms with Crippen LogP contribution in [0.3, 0.4) is 0 Å². The second kappa shape index (κ2) is 9.32. The lowest BCUT2D eigenvalue weighted by atomic mass is 9.47. The summed E-state index contributed by atoms with van der Waals surface area (Å²) in [6, 6.07) is 4.15. The number of aliphatic hydroxyl groups is 1. The molecular formula is C28H44O6Si. The van der Waals surface area contributed by atoms with Gasteiger partial charge in [0.2, 0.25) is 9.04 Å². The molecular weight excluding hydrogens is 460 g/mol. The van der Waals surface area contributed by atoms with Gasteiger partial charge in [-0.25, -0.2) is 4.89 Å². The number of ether oxygens (including phenoxy) is 2. The van der Waals surface area contributed by atoms with E-state index >= 15 is 0 Å². The van der Waals surface area contributed by atoms with Crippen LogP contribution in [0.2, 0.25) is 13.1 Å². The fourth-order valence-electron chi connectivity index (χ4n) is 7.73. The highest BCUT2D eigenvalue weighted by molar-refractivity contribution is 6.49. The molecule has 0 amide bonds. The topological polar surface area (TPSA) is 66.4 Å². The smallest absolute Gasteiger partial charge is 0.264 e. The molecule has 6 rings (SSSR count). The maximum Gasteiger partial charge on any atom is 0.264 e. The molecule has 1 atom stereocenters. The van der Waals surface area contributed by atoms with E-state index in [9.17, 15) is 5.11 Å². The molecule has 5 aliphatic rings. The normalized spacial score (nSPS) is 35.5. The monoisotopic (exact) mass is 504 g/mol. The van der Waals surface area contributed by atoms with E-state index in [1.165, 1.54) is 32.1 Å². The Labute approximate surface area is 212 Å². The van der Waals surface area contributed by atoms with Crippen LogP contribution in [0, 0.1) is 23.7 Å². The Kier molecular flexibility index (Phi) is 6.80. The van der Waals surface area contributed by atoms with Crippen LogP contribution in [0.5, 0.6) is 11.5 Å². The van der Waals surface area contributed by atoms with E-state index in [-0.39, 0.29) is 12.0 Å². The first-order valence-electron chi connectivity index (χ1n) is 13.7. The van der Waals surface area contributed by atoms with Crippen molar-refractivity contribution in [3.63, 3.8) is 0 Å². The van der Waals surface area contributed by atoms with Gasteiger partial charge in [-0.15, -0.1) is 0 Å². The summed E-state index contributed by atoms with van der Waals surface area (Å²) in [5.41, 5.74) is 1.33. The fourth-order valence-corrected chi connectivity index (χ4v) is 8.45. The first-order valence-corrected chi connectivity index (χ1v) is 16.4. The van der Waals surface area contributed by atoms with Crippen LogP contribution < -0.4 is 9.16 Å². The third-order valence-electron chi connectivity index (χ3n) is 8.82. The Hall–Kier alpha value is -1.12. The summed E-state index contributed by atoms with van der Waals surface area (Å²) in [6.45, 7) is 11.7. The van der Waals surface area contributed by atoms with Crippen LogP contribution in [-0.4, -0.2) is 40.1 Å². The fraction of sp³-hybridized carbons (Fsp3) is 0.786. The number of unbranched alkanes of at least 4 members (excludes halogenated alkanes) is 1. The molecule has 1 unspecified atom stereocenters. The average Bonchev–Trinajstić information content (AvgIpc) is 2.77. The lowest BCUT2D eigenvalue weighted by Crippen LogP contribution is -2.76. The number of benzene rings is 1. The maximum atomic E-state index is 9.38. The number of hydrogen-bond acceptors (Lipinski definition) is 6. The van der Waals surface area contributed by atoms with Crippen molar-refractivity contribution in [1.29, 1.82) is 0 Å².